The molecule has 3 aliphatic rings. The third-order valence-electron chi connectivity index (χ3n) is 4.62. The SMILES string of the molecule is CCO[C@@H]1C[N+]2=C(N)N[C@@H](CC)[C@@H]3N=C(N)N[C@@]32C1(O)O. The number of aliphatic imine (C=N–C) groups is 1. The fourth-order valence-electron chi connectivity index (χ4n) is 3.67. The maximum absolute atomic E-state index is 10.8. The lowest BCUT2D eigenvalue weighted by Crippen LogP contribution is -2.78. The van der Waals surface area contributed by atoms with Crippen molar-refractivity contribution in [3.8, 4) is 0 Å². The van der Waals surface area contributed by atoms with Gasteiger partial charge in [-0.1, -0.05) is 6.92 Å². The van der Waals surface area contributed by atoms with Gasteiger partial charge < -0.3 is 26.0 Å². The molecule has 1 spiro atoms. The van der Waals surface area contributed by atoms with Gasteiger partial charge in [0, 0.05) is 6.61 Å². The number of nitrogens with two attached hydrogens (primary N) is 2. The molecule has 0 saturated carbocycles. The second kappa shape index (κ2) is 4.46. The van der Waals surface area contributed by atoms with E-state index in [1.54, 1.807) is 11.5 Å². The van der Waals surface area contributed by atoms with Gasteiger partial charge in [0.2, 0.25) is 5.66 Å². The van der Waals surface area contributed by atoms with E-state index in [1.165, 1.54) is 0 Å². The quantitative estimate of drug-likeness (QED) is 0.238. The van der Waals surface area contributed by atoms with Crippen molar-refractivity contribution in [1.82, 2.24) is 10.6 Å². The van der Waals surface area contributed by atoms with Crippen molar-refractivity contribution in [3.63, 3.8) is 0 Å². The van der Waals surface area contributed by atoms with Crippen molar-refractivity contribution < 1.29 is 19.5 Å². The third kappa shape index (κ3) is 1.62. The summed E-state index contributed by atoms with van der Waals surface area (Å²) in [7, 11) is 0. The molecule has 9 heteroatoms. The van der Waals surface area contributed by atoms with Gasteiger partial charge in [0.15, 0.2) is 5.96 Å². The molecule has 1 fully saturated rings. The Hall–Kier alpha value is -1.58. The maximum atomic E-state index is 10.8. The van der Waals surface area contributed by atoms with Crippen molar-refractivity contribution in [2.45, 2.75) is 49.9 Å². The smallest absolute Gasteiger partial charge is 0.346 e. The van der Waals surface area contributed by atoms with Gasteiger partial charge in [-0.3, -0.25) is 11.1 Å². The van der Waals surface area contributed by atoms with Crippen molar-refractivity contribution >= 4 is 11.9 Å². The molecule has 0 unspecified atom stereocenters. The van der Waals surface area contributed by atoms with E-state index < -0.39 is 23.6 Å². The van der Waals surface area contributed by atoms with Gasteiger partial charge in [-0.05, 0) is 13.3 Å². The summed E-state index contributed by atoms with van der Waals surface area (Å²) >= 11 is 0. The molecule has 0 aromatic heterocycles. The average molecular weight is 299 g/mol. The van der Waals surface area contributed by atoms with Crippen molar-refractivity contribution in [2.24, 2.45) is 16.5 Å². The molecule has 4 atom stereocenters. The van der Waals surface area contributed by atoms with Gasteiger partial charge >= 0.3 is 5.96 Å². The number of hydrogen-bond donors (Lipinski definition) is 6. The minimum atomic E-state index is -2.17. The molecule has 3 aliphatic heterocycles. The van der Waals surface area contributed by atoms with Crippen LogP contribution in [0.3, 0.4) is 0 Å². The molecule has 3 heterocycles. The number of nitrogens with one attached hydrogen (secondary N) is 2. The molecular weight excluding hydrogens is 276 g/mol. The highest BCUT2D eigenvalue weighted by Gasteiger charge is 2.75. The number of aliphatic hydroxyl groups is 2. The van der Waals surface area contributed by atoms with E-state index in [0.717, 1.165) is 6.42 Å². The summed E-state index contributed by atoms with van der Waals surface area (Å²) in [6.07, 6.45) is -0.0935. The standard InChI is InChI=1S/C12H22N6O3/c1-3-6-8-11(17-9(13)16-8)12(19,20)7(21-4-2)5-18(11)10(14)15-6/h6-8,19-20H,3-5H2,1-2H3,(H5,13,14,15,16,17)/p+1/t6-,7+,8-,11-/m0/s1. The molecule has 8 N–H and O–H groups in total. The highest BCUT2D eigenvalue weighted by molar-refractivity contribution is 5.83. The van der Waals surface area contributed by atoms with E-state index >= 15 is 0 Å². The lowest BCUT2D eigenvalue weighted by atomic mass is 9.85. The van der Waals surface area contributed by atoms with E-state index in [-0.39, 0.29) is 18.5 Å². The summed E-state index contributed by atoms with van der Waals surface area (Å²) in [4.78, 5) is 4.36. The second-order valence-electron chi connectivity index (χ2n) is 5.68. The van der Waals surface area contributed by atoms with Crippen LogP contribution in [-0.2, 0) is 4.74 Å². The first-order chi connectivity index (χ1) is 9.88. The highest BCUT2D eigenvalue weighted by Crippen LogP contribution is 2.42. The topological polar surface area (TPSA) is 141 Å². The van der Waals surface area contributed by atoms with E-state index in [9.17, 15) is 10.2 Å². The number of rotatable bonds is 3. The Morgan fingerprint density at radius 1 is 1.43 bits per heavy atom. The molecule has 0 aromatic rings. The molecule has 0 aliphatic carbocycles. The Morgan fingerprint density at radius 3 is 2.76 bits per heavy atom. The van der Waals surface area contributed by atoms with Gasteiger partial charge in [-0.2, -0.15) is 0 Å². The minimum Gasteiger partial charge on any atom is -0.370 e. The average Bonchev–Trinajstić information content (AvgIpc) is 2.88. The number of ether oxygens (including phenoxy) is 1. The summed E-state index contributed by atoms with van der Waals surface area (Å²) in [5.41, 5.74) is 10.6. The first kappa shape index (κ1) is 14.4. The Bertz CT molecular complexity index is 519. The molecule has 21 heavy (non-hydrogen) atoms. The van der Waals surface area contributed by atoms with E-state index in [0.29, 0.717) is 12.6 Å². The lowest BCUT2D eigenvalue weighted by molar-refractivity contribution is -0.623. The predicted octanol–water partition coefficient (Wildman–Crippen LogP) is -3.22. The van der Waals surface area contributed by atoms with Crippen LogP contribution in [0.15, 0.2) is 4.99 Å². The molecule has 1 saturated heterocycles. The molecule has 3 rings (SSSR count). The third-order valence-corrected chi connectivity index (χ3v) is 4.62. The summed E-state index contributed by atoms with van der Waals surface area (Å²) < 4.78 is 7.16. The van der Waals surface area contributed by atoms with Crippen LogP contribution in [0, 0.1) is 0 Å². The zero-order valence-corrected chi connectivity index (χ0v) is 12.2. The maximum Gasteiger partial charge on any atom is 0.346 e. The van der Waals surface area contributed by atoms with Crippen molar-refractivity contribution in [3.05, 3.63) is 0 Å². The van der Waals surface area contributed by atoms with Crippen LogP contribution < -0.4 is 22.1 Å². The van der Waals surface area contributed by atoms with Gasteiger partial charge in [-0.15, -0.1) is 0 Å². The van der Waals surface area contributed by atoms with Gasteiger partial charge in [-0.25, -0.2) is 9.57 Å². The van der Waals surface area contributed by atoms with Crippen LogP contribution in [0.4, 0.5) is 0 Å². The molecule has 9 nitrogen and oxygen atoms in total. The minimum absolute atomic E-state index is 0.145. The van der Waals surface area contributed by atoms with Gasteiger partial charge in [0.25, 0.3) is 5.79 Å². The van der Waals surface area contributed by atoms with Crippen LogP contribution in [0.2, 0.25) is 0 Å². The fourth-order valence-corrected chi connectivity index (χ4v) is 3.67. The van der Waals surface area contributed by atoms with Crippen LogP contribution in [0.1, 0.15) is 20.3 Å². The number of nitrogens with zero attached hydrogens (tertiary/aromatic N) is 2. The zero-order valence-electron chi connectivity index (χ0n) is 12.2. The predicted molar refractivity (Wildman–Crippen MR) is 75.4 cm³/mol. The molecule has 0 radical (unpaired) electrons. The van der Waals surface area contributed by atoms with Crippen LogP contribution >= 0.6 is 0 Å². The molecule has 0 aromatic carbocycles. The number of guanidine groups is 2. The van der Waals surface area contributed by atoms with E-state index in [4.69, 9.17) is 16.2 Å². The summed E-state index contributed by atoms with van der Waals surface area (Å²) in [5, 5.41) is 27.7. The Balaban J connectivity index is 2.14. The Labute approximate surface area is 122 Å². The molecule has 0 amide bonds. The first-order valence-corrected chi connectivity index (χ1v) is 7.22. The summed E-state index contributed by atoms with van der Waals surface area (Å²) in [5.74, 6) is -1.63. The molecule has 118 valence electrons. The van der Waals surface area contributed by atoms with Crippen LogP contribution in [0.5, 0.6) is 0 Å². The van der Waals surface area contributed by atoms with Gasteiger partial charge in [0.1, 0.15) is 24.7 Å². The fraction of sp³-hybridized carbons (Fsp3) is 0.833. The molecule has 0 bridgehead atoms. The zero-order chi connectivity index (χ0) is 15.4. The lowest BCUT2D eigenvalue weighted by Gasteiger charge is -2.43. The van der Waals surface area contributed by atoms with E-state index in [2.05, 4.69) is 15.6 Å². The highest BCUT2D eigenvalue weighted by atomic mass is 16.6. The van der Waals surface area contributed by atoms with Gasteiger partial charge in [0.05, 0.1) is 0 Å². The first-order valence-electron chi connectivity index (χ1n) is 7.22. The Kier molecular flexibility index (Phi) is 3.05. The summed E-state index contributed by atoms with van der Waals surface area (Å²) in [6.45, 7) is 4.38. The van der Waals surface area contributed by atoms with Crippen molar-refractivity contribution in [2.75, 3.05) is 13.2 Å². The van der Waals surface area contributed by atoms with E-state index in [1.807, 2.05) is 6.92 Å². The molecular formula is C12H23N6O3+. The number of hydrogen-bond acceptors (Lipinski definition) is 8. The Morgan fingerprint density at radius 2 is 2.14 bits per heavy atom. The summed E-state index contributed by atoms with van der Waals surface area (Å²) in [6, 6.07) is -0.621. The normalized spacial score (nSPS) is 40.2. The monoisotopic (exact) mass is 299 g/mol. The van der Waals surface area contributed by atoms with Crippen LogP contribution in [0.25, 0.3) is 0 Å². The second-order valence-corrected chi connectivity index (χ2v) is 5.68. The van der Waals surface area contributed by atoms with Crippen molar-refractivity contribution in [1.29, 1.82) is 0 Å². The largest absolute Gasteiger partial charge is 0.370 e. The van der Waals surface area contributed by atoms with Crippen LogP contribution in [-0.4, -0.2) is 69.5 Å².